The standard InChI is InChI=1S/C14H14N6O2/c1-10-8-11(19-22-10)14(21)18-5-7-20-6-4-17-13(20)12-9-15-2-3-16-12/h2-4,6,8-9H,5,7H2,1H3,(H,18,21). The maximum absolute atomic E-state index is 11.9. The zero-order valence-electron chi connectivity index (χ0n) is 11.9. The molecule has 8 nitrogen and oxygen atoms in total. The fourth-order valence-electron chi connectivity index (χ4n) is 1.99. The number of rotatable bonds is 5. The number of carbonyl (C=O) groups is 1. The smallest absolute Gasteiger partial charge is 0.273 e. The molecule has 0 bridgehead atoms. The molecule has 0 saturated carbocycles. The van der Waals surface area contributed by atoms with Gasteiger partial charge in [-0.1, -0.05) is 5.16 Å². The van der Waals surface area contributed by atoms with Gasteiger partial charge in [0.05, 0.1) is 6.20 Å². The predicted molar refractivity (Wildman–Crippen MR) is 76.8 cm³/mol. The van der Waals surface area contributed by atoms with Crippen molar-refractivity contribution in [3.05, 3.63) is 48.5 Å². The first kappa shape index (κ1) is 13.9. The zero-order valence-corrected chi connectivity index (χ0v) is 11.9. The fraction of sp³-hybridized carbons (Fsp3) is 0.214. The number of nitrogens with one attached hydrogen (secondary N) is 1. The molecule has 0 unspecified atom stereocenters. The van der Waals surface area contributed by atoms with E-state index in [9.17, 15) is 4.79 Å². The molecule has 112 valence electrons. The van der Waals surface area contributed by atoms with Gasteiger partial charge in [0.1, 0.15) is 11.5 Å². The second-order valence-electron chi connectivity index (χ2n) is 4.61. The molecular formula is C14H14N6O2. The van der Waals surface area contributed by atoms with Crippen LogP contribution < -0.4 is 5.32 Å². The Balaban J connectivity index is 1.61. The van der Waals surface area contributed by atoms with E-state index in [1.165, 1.54) is 0 Å². The number of imidazole rings is 1. The minimum atomic E-state index is -0.266. The van der Waals surface area contributed by atoms with Crippen LogP contribution in [0.1, 0.15) is 16.2 Å². The third kappa shape index (κ3) is 3.00. The Morgan fingerprint density at radius 2 is 2.23 bits per heavy atom. The van der Waals surface area contributed by atoms with E-state index in [0.29, 0.717) is 30.4 Å². The summed E-state index contributed by atoms with van der Waals surface area (Å²) >= 11 is 0. The molecule has 3 rings (SSSR count). The van der Waals surface area contributed by atoms with Crippen molar-refractivity contribution in [2.45, 2.75) is 13.5 Å². The summed E-state index contributed by atoms with van der Waals surface area (Å²) in [6.45, 7) is 2.74. The molecule has 0 saturated heterocycles. The van der Waals surface area contributed by atoms with Crippen LogP contribution in [0.3, 0.4) is 0 Å². The summed E-state index contributed by atoms with van der Waals surface area (Å²) in [5, 5.41) is 6.46. The van der Waals surface area contributed by atoms with Crippen molar-refractivity contribution < 1.29 is 9.32 Å². The summed E-state index contributed by atoms with van der Waals surface area (Å²) < 4.78 is 6.77. The van der Waals surface area contributed by atoms with Crippen LogP contribution in [0.15, 0.2) is 41.6 Å². The number of hydrogen-bond acceptors (Lipinski definition) is 6. The van der Waals surface area contributed by atoms with Crippen LogP contribution in [-0.2, 0) is 6.54 Å². The van der Waals surface area contributed by atoms with E-state index < -0.39 is 0 Å². The molecule has 0 aromatic carbocycles. The van der Waals surface area contributed by atoms with Gasteiger partial charge in [-0.3, -0.25) is 9.78 Å². The van der Waals surface area contributed by atoms with Gasteiger partial charge in [0.25, 0.3) is 5.91 Å². The van der Waals surface area contributed by atoms with Crippen LogP contribution in [0.25, 0.3) is 11.5 Å². The van der Waals surface area contributed by atoms with Crippen molar-refractivity contribution in [1.82, 2.24) is 30.0 Å². The molecule has 1 N–H and O–H groups in total. The van der Waals surface area contributed by atoms with Gasteiger partial charge in [-0.15, -0.1) is 0 Å². The quantitative estimate of drug-likeness (QED) is 0.756. The number of amides is 1. The highest BCUT2D eigenvalue weighted by Gasteiger charge is 2.11. The van der Waals surface area contributed by atoms with Crippen molar-refractivity contribution in [3.63, 3.8) is 0 Å². The second kappa shape index (κ2) is 6.17. The summed E-state index contributed by atoms with van der Waals surface area (Å²) in [6.07, 6.45) is 8.39. The highest BCUT2D eigenvalue weighted by molar-refractivity contribution is 5.92. The van der Waals surface area contributed by atoms with Crippen LogP contribution in [-0.4, -0.2) is 37.1 Å². The topological polar surface area (TPSA) is 98.7 Å². The number of aromatic nitrogens is 5. The van der Waals surface area contributed by atoms with E-state index in [1.54, 1.807) is 37.8 Å². The van der Waals surface area contributed by atoms with E-state index in [4.69, 9.17) is 4.52 Å². The first-order valence-electron chi connectivity index (χ1n) is 6.73. The lowest BCUT2D eigenvalue weighted by Gasteiger charge is -2.07. The van der Waals surface area contributed by atoms with Gasteiger partial charge in [0, 0.05) is 43.9 Å². The maximum atomic E-state index is 11.9. The molecule has 3 heterocycles. The third-order valence-corrected chi connectivity index (χ3v) is 3.01. The number of nitrogens with zero attached hydrogens (tertiary/aromatic N) is 5. The molecule has 1 amide bonds. The summed E-state index contributed by atoms with van der Waals surface area (Å²) in [4.78, 5) is 24.4. The lowest BCUT2D eigenvalue weighted by molar-refractivity contribution is 0.0943. The number of hydrogen-bond donors (Lipinski definition) is 1. The molecule has 0 aliphatic rings. The molecule has 0 aliphatic carbocycles. The molecule has 3 aromatic heterocycles. The van der Waals surface area contributed by atoms with Crippen LogP contribution in [0, 0.1) is 6.92 Å². The Kier molecular flexibility index (Phi) is 3.90. The van der Waals surface area contributed by atoms with Gasteiger partial charge in [-0.25, -0.2) is 9.97 Å². The van der Waals surface area contributed by atoms with Crippen LogP contribution in [0.5, 0.6) is 0 Å². The van der Waals surface area contributed by atoms with Gasteiger partial charge in [0.15, 0.2) is 11.5 Å². The van der Waals surface area contributed by atoms with E-state index in [2.05, 4.69) is 25.4 Å². The molecule has 0 fully saturated rings. The summed E-state index contributed by atoms with van der Waals surface area (Å²) in [6, 6.07) is 1.59. The van der Waals surface area contributed by atoms with E-state index >= 15 is 0 Å². The average molecular weight is 298 g/mol. The first-order chi connectivity index (χ1) is 10.7. The highest BCUT2D eigenvalue weighted by Crippen LogP contribution is 2.12. The van der Waals surface area contributed by atoms with Gasteiger partial charge in [-0.2, -0.15) is 0 Å². The lowest BCUT2D eigenvalue weighted by atomic mass is 10.3. The molecule has 0 radical (unpaired) electrons. The van der Waals surface area contributed by atoms with Crippen molar-refractivity contribution >= 4 is 5.91 Å². The Bertz CT molecular complexity index is 765. The normalized spacial score (nSPS) is 10.6. The van der Waals surface area contributed by atoms with Gasteiger partial charge in [0.2, 0.25) is 0 Å². The van der Waals surface area contributed by atoms with Gasteiger partial charge < -0.3 is 14.4 Å². The van der Waals surface area contributed by atoms with Crippen molar-refractivity contribution in [2.24, 2.45) is 0 Å². The highest BCUT2D eigenvalue weighted by atomic mass is 16.5. The molecule has 0 aliphatic heterocycles. The number of carbonyl (C=O) groups excluding carboxylic acids is 1. The van der Waals surface area contributed by atoms with Crippen LogP contribution >= 0.6 is 0 Å². The van der Waals surface area contributed by atoms with Crippen molar-refractivity contribution in [1.29, 1.82) is 0 Å². The Hall–Kier alpha value is -3.03. The molecule has 0 spiro atoms. The minimum Gasteiger partial charge on any atom is -0.361 e. The monoisotopic (exact) mass is 298 g/mol. The molecule has 8 heteroatoms. The summed E-state index contributed by atoms with van der Waals surface area (Å²) in [7, 11) is 0. The van der Waals surface area contributed by atoms with Crippen LogP contribution in [0.2, 0.25) is 0 Å². The Morgan fingerprint density at radius 1 is 1.32 bits per heavy atom. The largest absolute Gasteiger partial charge is 0.361 e. The van der Waals surface area contributed by atoms with Crippen molar-refractivity contribution in [2.75, 3.05) is 6.54 Å². The molecule has 22 heavy (non-hydrogen) atoms. The second-order valence-corrected chi connectivity index (χ2v) is 4.61. The summed E-state index contributed by atoms with van der Waals surface area (Å²) in [5.41, 5.74) is 0.961. The van der Waals surface area contributed by atoms with Gasteiger partial charge in [-0.05, 0) is 6.92 Å². The number of aryl methyl sites for hydroxylation is 1. The predicted octanol–water partition coefficient (Wildman–Crippen LogP) is 1.07. The average Bonchev–Trinajstić information content (AvgIpc) is 3.17. The minimum absolute atomic E-state index is 0.266. The first-order valence-corrected chi connectivity index (χ1v) is 6.73. The molecular weight excluding hydrogens is 284 g/mol. The van der Waals surface area contributed by atoms with E-state index in [0.717, 1.165) is 0 Å². The third-order valence-electron chi connectivity index (χ3n) is 3.01. The molecule has 3 aromatic rings. The van der Waals surface area contributed by atoms with Gasteiger partial charge >= 0.3 is 0 Å². The van der Waals surface area contributed by atoms with E-state index in [1.807, 2.05) is 10.8 Å². The van der Waals surface area contributed by atoms with Crippen molar-refractivity contribution in [3.8, 4) is 11.5 Å². The summed E-state index contributed by atoms with van der Waals surface area (Å²) in [5.74, 6) is 1.04. The zero-order chi connectivity index (χ0) is 15.4. The Morgan fingerprint density at radius 3 is 2.95 bits per heavy atom. The maximum Gasteiger partial charge on any atom is 0.273 e. The lowest BCUT2D eigenvalue weighted by Crippen LogP contribution is -2.27. The molecule has 0 atom stereocenters. The fourth-order valence-corrected chi connectivity index (χ4v) is 1.99. The van der Waals surface area contributed by atoms with Crippen LogP contribution in [0.4, 0.5) is 0 Å². The van der Waals surface area contributed by atoms with E-state index in [-0.39, 0.29) is 11.6 Å². The SMILES string of the molecule is Cc1cc(C(=O)NCCn2ccnc2-c2cnccn2)no1. The Labute approximate surface area is 126 Å².